The molecule has 0 aliphatic heterocycles. The number of nitrogens with zero attached hydrogens (tertiary/aromatic N) is 1. The lowest BCUT2D eigenvalue weighted by molar-refractivity contribution is -0.120. The Kier molecular flexibility index (Phi) is 6.64. The number of hydrogen-bond acceptors (Lipinski definition) is 6. The number of thioether (sulfide) groups is 1. The van der Waals surface area contributed by atoms with E-state index in [0.29, 0.717) is 36.9 Å². The topological polar surface area (TPSA) is 84.1 Å². The highest BCUT2D eigenvalue weighted by molar-refractivity contribution is 7.98. The summed E-state index contributed by atoms with van der Waals surface area (Å²) in [6, 6.07) is 14.0. The average molecular weight is 480 g/mol. The van der Waals surface area contributed by atoms with Crippen LogP contribution in [0.3, 0.4) is 0 Å². The first-order chi connectivity index (χ1) is 16.2. The molecular weight excluding hydrogens is 454 g/mol. The Balaban J connectivity index is 1.04. The number of carbonyl (C=O) groups is 1. The van der Waals surface area contributed by atoms with Crippen molar-refractivity contribution in [3.8, 4) is 5.75 Å². The van der Waals surface area contributed by atoms with E-state index >= 15 is 0 Å². The van der Waals surface area contributed by atoms with Gasteiger partial charge in [0.05, 0.1) is 17.7 Å². The van der Waals surface area contributed by atoms with Gasteiger partial charge in [-0.25, -0.2) is 4.98 Å². The van der Waals surface area contributed by atoms with Crippen molar-refractivity contribution in [1.82, 2.24) is 15.3 Å². The lowest BCUT2D eigenvalue weighted by Crippen LogP contribution is -2.28. The Morgan fingerprint density at radius 3 is 3.00 bits per heavy atom. The summed E-state index contributed by atoms with van der Waals surface area (Å²) in [5.41, 5.74) is 1.17. The molecule has 0 saturated heterocycles. The molecule has 8 heteroatoms. The molecule has 170 valence electrons. The Hall–Kier alpha value is -2.84. The summed E-state index contributed by atoms with van der Waals surface area (Å²) in [5.74, 6) is 2.76. The number of rotatable bonds is 9. The van der Waals surface area contributed by atoms with Gasteiger partial charge < -0.3 is 15.0 Å². The molecule has 2 aromatic heterocycles. The van der Waals surface area contributed by atoms with Crippen LogP contribution in [0.5, 0.6) is 5.75 Å². The Morgan fingerprint density at radius 2 is 2.06 bits per heavy atom. The number of aryl methyl sites for hydroxylation is 2. The van der Waals surface area contributed by atoms with E-state index in [2.05, 4.69) is 27.4 Å². The van der Waals surface area contributed by atoms with Crippen LogP contribution in [0.1, 0.15) is 29.1 Å². The lowest BCUT2D eigenvalue weighted by atomic mass is 10.1. The van der Waals surface area contributed by atoms with Gasteiger partial charge in [0, 0.05) is 22.4 Å². The molecule has 2 aromatic carbocycles. The van der Waals surface area contributed by atoms with Gasteiger partial charge >= 0.3 is 0 Å². The molecule has 1 aliphatic carbocycles. The van der Waals surface area contributed by atoms with Crippen molar-refractivity contribution in [3.05, 3.63) is 69.1 Å². The fourth-order valence-corrected chi connectivity index (χ4v) is 6.30. The maximum Gasteiger partial charge on any atom is 0.259 e. The third kappa shape index (κ3) is 4.91. The quantitative estimate of drug-likeness (QED) is 0.347. The van der Waals surface area contributed by atoms with Crippen molar-refractivity contribution < 1.29 is 9.53 Å². The third-order valence-corrected chi connectivity index (χ3v) is 7.92. The number of fused-ring (bicyclic) bond motifs is 4. The van der Waals surface area contributed by atoms with E-state index in [9.17, 15) is 9.59 Å². The first-order valence-electron chi connectivity index (χ1n) is 11.2. The largest absolute Gasteiger partial charge is 0.491 e. The maximum atomic E-state index is 12.5. The molecule has 1 aliphatic rings. The minimum Gasteiger partial charge on any atom is -0.491 e. The van der Waals surface area contributed by atoms with Gasteiger partial charge in [-0.05, 0) is 36.3 Å². The molecule has 33 heavy (non-hydrogen) atoms. The second-order valence-corrected chi connectivity index (χ2v) is 10.2. The molecule has 0 spiro atoms. The minimum atomic E-state index is -0.0288. The summed E-state index contributed by atoms with van der Waals surface area (Å²) < 4.78 is 5.86. The third-order valence-electron chi connectivity index (χ3n) is 5.77. The number of nitrogens with one attached hydrogen (secondary N) is 2. The summed E-state index contributed by atoms with van der Waals surface area (Å²) in [6.07, 6.45) is 3.59. The molecular formula is C25H25N3O3S2. The Bertz CT molecular complexity index is 1360. The van der Waals surface area contributed by atoms with Crippen LogP contribution in [0.15, 0.2) is 47.3 Å². The minimum absolute atomic E-state index is 0.00407. The lowest BCUT2D eigenvalue weighted by Gasteiger charge is -2.10. The van der Waals surface area contributed by atoms with Gasteiger partial charge in [-0.1, -0.05) is 36.4 Å². The van der Waals surface area contributed by atoms with E-state index in [1.54, 1.807) is 23.1 Å². The maximum absolute atomic E-state index is 12.5. The summed E-state index contributed by atoms with van der Waals surface area (Å²) in [5, 5.41) is 5.89. The molecule has 0 unspecified atom stereocenters. The van der Waals surface area contributed by atoms with Gasteiger partial charge in [0.2, 0.25) is 5.91 Å². The number of hydrogen-bond donors (Lipinski definition) is 2. The van der Waals surface area contributed by atoms with Crippen LogP contribution in [0.2, 0.25) is 0 Å². The Morgan fingerprint density at radius 1 is 1.18 bits per heavy atom. The SMILES string of the molecule is O=C(CCSCc1nc2sc3c(c2c(=O)[nH]1)CCC3)NCCOc1cccc2ccccc12. The van der Waals surface area contributed by atoms with Gasteiger partial charge in [0.15, 0.2) is 0 Å². The number of aromatic nitrogens is 2. The van der Waals surface area contributed by atoms with E-state index in [4.69, 9.17) is 4.74 Å². The normalized spacial score (nSPS) is 12.8. The van der Waals surface area contributed by atoms with Crippen LogP contribution in [0, 0.1) is 0 Å². The summed E-state index contributed by atoms with van der Waals surface area (Å²) in [4.78, 5) is 34.4. The zero-order chi connectivity index (χ0) is 22.6. The molecule has 0 radical (unpaired) electrons. The van der Waals surface area contributed by atoms with Gasteiger partial charge in [-0.2, -0.15) is 11.8 Å². The van der Waals surface area contributed by atoms with Crippen molar-refractivity contribution in [3.63, 3.8) is 0 Å². The van der Waals surface area contributed by atoms with E-state index in [-0.39, 0.29) is 11.5 Å². The van der Waals surface area contributed by atoms with E-state index in [1.165, 1.54) is 10.4 Å². The fraction of sp³-hybridized carbons (Fsp3) is 0.320. The molecule has 5 rings (SSSR count). The first-order valence-corrected chi connectivity index (χ1v) is 13.1. The summed E-state index contributed by atoms with van der Waals surface area (Å²) in [7, 11) is 0. The highest BCUT2D eigenvalue weighted by atomic mass is 32.2. The number of H-pyrrole nitrogens is 1. The second-order valence-electron chi connectivity index (χ2n) is 8.03. The monoisotopic (exact) mass is 479 g/mol. The summed E-state index contributed by atoms with van der Waals surface area (Å²) >= 11 is 3.25. The van der Waals surface area contributed by atoms with Crippen molar-refractivity contribution in [1.29, 1.82) is 0 Å². The van der Waals surface area contributed by atoms with Crippen LogP contribution in [0.25, 0.3) is 21.0 Å². The first kappa shape index (κ1) is 22.0. The molecule has 4 aromatic rings. The number of ether oxygens (including phenoxy) is 1. The number of benzene rings is 2. The van der Waals surface area contributed by atoms with E-state index < -0.39 is 0 Å². The van der Waals surface area contributed by atoms with Crippen LogP contribution < -0.4 is 15.6 Å². The molecule has 0 bridgehead atoms. The second kappa shape index (κ2) is 9.97. The van der Waals surface area contributed by atoms with Gasteiger partial charge in [0.1, 0.15) is 23.0 Å². The van der Waals surface area contributed by atoms with Gasteiger partial charge in [-0.15, -0.1) is 11.3 Å². The molecule has 0 saturated carbocycles. The average Bonchev–Trinajstić information content (AvgIpc) is 3.41. The Labute approximate surface area is 199 Å². The zero-order valence-corrected chi connectivity index (χ0v) is 19.8. The number of carbonyl (C=O) groups excluding carboxylic acids is 1. The van der Waals surface area contributed by atoms with Crippen LogP contribution in [-0.4, -0.2) is 34.8 Å². The molecule has 2 heterocycles. The fourth-order valence-electron chi connectivity index (χ4n) is 4.21. The molecule has 2 N–H and O–H groups in total. The molecule has 0 atom stereocenters. The van der Waals surface area contributed by atoms with Crippen molar-refractivity contribution in [2.24, 2.45) is 0 Å². The molecule has 6 nitrogen and oxygen atoms in total. The number of amides is 1. The van der Waals surface area contributed by atoms with E-state index in [0.717, 1.165) is 46.0 Å². The van der Waals surface area contributed by atoms with Gasteiger partial charge in [0.25, 0.3) is 5.56 Å². The van der Waals surface area contributed by atoms with Crippen LogP contribution >= 0.6 is 23.1 Å². The van der Waals surface area contributed by atoms with Crippen LogP contribution in [0.4, 0.5) is 0 Å². The van der Waals surface area contributed by atoms with Crippen molar-refractivity contribution in [2.45, 2.75) is 31.4 Å². The standard InChI is InChI=1S/C25H25N3O3S2/c29-22(26-12-13-31-19-9-3-6-16-5-1-2-7-17(16)19)11-14-32-15-21-27-24(30)23-18-8-4-10-20(18)33-25(23)28-21/h1-3,5-7,9H,4,8,10-15H2,(H,26,29)(H,27,28,30). The summed E-state index contributed by atoms with van der Waals surface area (Å²) in [6.45, 7) is 0.879. The van der Waals surface area contributed by atoms with Crippen molar-refractivity contribution >= 4 is 50.0 Å². The highest BCUT2D eigenvalue weighted by Crippen LogP contribution is 2.34. The number of thiophene rings is 1. The van der Waals surface area contributed by atoms with Crippen molar-refractivity contribution in [2.75, 3.05) is 18.9 Å². The zero-order valence-electron chi connectivity index (χ0n) is 18.2. The predicted molar refractivity (Wildman–Crippen MR) is 135 cm³/mol. The number of aromatic amines is 1. The predicted octanol–water partition coefficient (Wildman–Crippen LogP) is 4.45. The smallest absolute Gasteiger partial charge is 0.259 e. The van der Waals surface area contributed by atoms with E-state index in [1.807, 2.05) is 30.3 Å². The highest BCUT2D eigenvalue weighted by Gasteiger charge is 2.21. The van der Waals surface area contributed by atoms with Gasteiger partial charge in [-0.3, -0.25) is 9.59 Å². The van der Waals surface area contributed by atoms with Crippen LogP contribution in [-0.2, 0) is 23.4 Å². The molecule has 1 amide bonds. The molecule has 0 fully saturated rings.